The van der Waals surface area contributed by atoms with Gasteiger partial charge in [0.25, 0.3) is 0 Å². The standard InChI is InChI=1S/C14H17BrN2O4/c1-16(7-9-4-2-3-5-11(9)15)14(21)17-8-10(18)6-12(17)13(19)20/h2-5,10,12,18H,6-8H2,1H3,(H,19,20)/t10-,12-/m0/s1. The third-order valence-electron chi connectivity index (χ3n) is 3.50. The quantitative estimate of drug-likeness (QED) is 0.860. The van der Waals surface area contributed by atoms with Gasteiger partial charge in [0.05, 0.1) is 6.10 Å². The molecule has 1 aromatic carbocycles. The van der Waals surface area contributed by atoms with Crippen molar-refractivity contribution in [3.05, 3.63) is 34.3 Å². The van der Waals surface area contributed by atoms with Gasteiger partial charge < -0.3 is 20.0 Å². The minimum atomic E-state index is -1.09. The maximum Gasteiger partial charge on any atom is 0.326 e. The molecule has 2 rings (SSSR count). The van der Waals surface area contributed by atoms with E-state index in [0.29, 0.717) is 6.54 Å². The number of aliphatic carboxylic acids is 1. The second-order valence-corrected chi connectivity index (χ2v) is 5.98. The van der Waals surface area contributed by atoms with Gasteiger partial charge in [-0.3, -0.25) is 0 Å². The molecule has 0 saturated carbocycles. The van der Waals surface area contributed by atoms with Crippen molar-refractivity contribution >= 4 is 27.9 Å². The number of β-amino-alcohol motifs (C(OH)–C–C–N with tert-alkyl or cyclic N) is 1. The van der Waals surface area contributed by atoms with Crippen LogP contribution in [0.1, 0.15) is 12.0 Å². The Bertz CT molecular complexity index is 552. The summed E-state index contributed by atoms with van der Waals surface area (Å²) in [6, 6.07) is 6.17. The highest BCUT2D eigenvalue weighted by atomic mass is 79.9. The van der Waals surface area contributed by atoms with Crippen molar-refractivity contribution in [3.8, 4) is 0 Å². The zero-order chi connectivity index (χ0) is 15.6. The SMILES string of the molecule is CN(Cc1ccccc1Br)C(=O)N1C[C@@H](O)C[C@H]1C(=O)O. The summed E-state index contributed by atoms with van der Waals surface area (Å²) in [6.07, 6.45) is -0.712. The maximum atomic E-state index is 12.4. The molecule has 21 heavy (non-hydrogen) atoms. The molecule has 1 aliphatic heterocycles. The summed E-state index contributed by atoms with van der Waals surface area (Å²) in [5, 5.41) is 18.7. The van der Waals surface area contributed by atoms with Gasteiger partial charge in [0.1, 0.15) is 6.04 Å². The molecule has 114 valence electrons. The van der Waals surface area contributed by atoms with Gasteiger partial charge in [-0.1, -0.05) is 34.1 Å². The molecule has 0 spiro atoms. The van der Waals surface area contributed by atoms with Crippen LogP contribution in [0.2, 0.25) is 0 Å². The number of aliphatic hydroxyl groups excluding tert-OH is 1. The first-order chi connectivity index (χ1) is 9.90. The zero-order valence-electron chi connectivity index (χ0n) is 11.6. The fourth-order valence-electron chi connectivity index (χ4n) is 2.43. The number of aliphatic hydroxyl groups is 1. The average Bonchev–Trinajstić information content (AvgIpc) is 2.82. The van der Waals surface area contributed by atoms with Gasteiger partial charge in [-0.25, -0.2) is 9.59 Å². The number of benzene rings is 1. The highest BCUT2D eigenvalue weighted by Gasteiger charge is 2.40. The van der Waals surface area contributed by atoms with Gasteiger partial charge >= 0.3 is 12.0 Å². The topological polar surface area (TPSA) is 81.1 Å². The highest BCUT2D eigenvalue weighted by molar-refractivity contribution is 9.10. The first-order valence-corrected chi connectivity index (χ1v) is 7.35. The normalized spacial score (nSPS) is 21.4. The summed E-state index contributed by atoms with van der Waals surface area (Å²) in [5.74, 6) is -1.09. The molecule has 2 amide bonds. The first kappa shape index (κ1) is 15.8. The van der Waals surface area contributed by atoms with E-state index in [9.17, 15) is 14.7 Å². The van der Waals surface area contributed by atoms with Gasteiger partial charge in [-0.05, 0) is 11.6 Å². The molecule has 1 saturated heterocycles. The van der Waals surface area contributed by atoms with E-state index in [2.05, 4.69) is 15.9 Å². The first-order valence-electron chi connectivity index (χ1n) is 6.56. The second kappa shape index (κ2) is 6.44. The lowest BCUT2D eigenvalue weighted by Gasteiger charge is -2.27. The number of carbonyl (C=O) groups is 2. The molecule has 0 aromatic heterocycles. The molecule has 1 aromatic rings. The summed E-state index contributed by atoms with van der Waals surface area (Å²) in [6.45, 7) is 0.412. The van der Waals surface area contributed by atoms with E-state index in [0.717, 1.165) is 10.0 Å². The largest absolute Gasteiger partial charge is 0.480 e. The van der Waals surface area contributed by atoms with E-state index in [1.165, 1.54) is 9.80 Å². The molecular weight excluding hydrogens is 340 g/mol. The Kier molecular flexibility index (Phi) is 4.84. The van der Waals surface area contributed by atoms with Crippen molar-refractivity contribution in [3.63, 3.8) is 0 Å². The number of carboxylic acid groups (broad SMARTS) is 1. The number of urea groups is 1. The lowest BCUT2D eigenvalue weighted by Crippen LogP contribution is -2.46. The molecule has 6 nitrogen and oxygen atoms in total. The van der Waals surface area contributed by atoms with Gasteiger partial charge in [0.2, 0.25) is 0 Å². The van der Waals surface area contributed by atoms with E-state index in [1.54, 1.807) is 7.05 Å². The number of carboxylic acids is 1. The second-order valence-electron chi connectivity index (χ2n) is 5.13. The number of rotatable bonds is 3. The van der Waals surface area contributed by atoms with E-state index < -0.39 is 24.1 Å². The van der Waals surface area contributed by atoms with Gasteiger partial charge in [-0.2, -0.15) is 0 Å². The summed E-state index contributed by atoms with van der Waals surface area (Å²) >= 11 is 3.42. The van der Waals surface area contributed by atoms with E-state index in [1.807, 2.05) is 24.3 Å². The van der Waals surface area contributed by atoms with Crippen molar-refractivity contribution in [2.45, 2.75) is 25.1 Å². The monoisotopic (exact) mass is 356 g/mol. The molecule has 7 heteroatoms. The summed E-state index contributed by atoms with van der Waals surface area (Å²) in [5.41, 5.74) is 0.931. The van der Waals surface area contributed by atoms with Crippen molar-refractivity contribution in [2.24, 2.45) is 0 Å². The molecule has 0 bridgehead atoms. The van der Waals surface area contributed by atoms with E-state index >= 15 is 0 Å². The molecule has 2 N–H and O–H groups in total. The van der Waals surface area contributed by atoms with Crippen LogP contribution in [0.15, 0.2) is 28.7 Å². The predicted molar refractivity (Wildman–Crippen MR) is 79.8 cm³/mol. The predicted octanol–water partition coefficient (Wildman–Crippen LogP) is 1.52. The van der Waals surface area contributed by atoms with Gasteiger partial charge in [0, 0.05) is 31.0 Å². The Hall–Kier alpha value is -1.60. The Balaban J connectivity index is 2.08. The molecule has 1 aliphatic rings. The number of nitrogens with zero attached hydrogens (tertiary/aromatic N) is 2. The Labute approximate surface area is 131 Å². The molecule has 2 atom stereocenters. The van der Waals surface area contributed by atoms with Crippen LogP contribution in [0.4, 0.5) is 4.79 Å². The molecule has 1 heterocycles. The van der Waals surface area contributed by atoms with Crippen LogP contribution in [0, 0.1) is 0 Å². The lowest BCUT2D eigenvalue weighted by molar-refractivity contribution is -0.141. The van der Waals surface area contributed by atoms with Crippen LogP contribution in [0.5, 0.6) is 0 Å². The summed E-state index contributed by atoms with van der Waals surface area (Å²) in [7, 11) is 1.62. The fraction of sp³-hybridized carbons (Fsp3) is 0.429. The van der Waals surface area contributed by atoms with Crippen LogP contribution < -0.4 is 0 Å². The number of carbonyl (C=O) groups excluding carboxylic acids is 1. The van der Waals surface area contributed by atoms with Crippen LogP contribution in [-0.4, -0.2) is 57.8 Å². The van der Waals surface area contributed by atoms with Crippen LogP contribution in [-0.2, 0) is 11.3 Å². The van der Waals surface area contributed by atoms with Crippen LogP contribution >= 0.6 is 15.9 Å². The Morgan fingerprint density at radius 2 is 2.10 bits per heavy atom. The molecule has 0 aliphatic carbocycles. The Morgan fingerprint density at radius 3 is 2.71 bits per heavy atom. The fourth-order valence-corrected chi connectivity index (χ4v) is 2.84. The smallest absolute Gasteiger partial charge is 0.326 e. The number of amides is 2. The molecule has 0 radical (unpaired) electrons. The summed E-state index contributed by atoms with van der Waals surface area (Å²) in [4.78, 5) is 26.2. The highest BCUT2D eigenvalue weighted by Crippen LogP contribution is 2.22. The van der Waals surface area contributed by atoms with Crippen molar-refractivity contribution in [1.29, 1.82) is 0 Å². The average molecular weight is 357 g/mol. The van der Waals surface area contributed by atoms with Crippen LogP contribution in [0.3, 0.4) is 0 Å². The molecule has 0 unspecified atom stereocenters. The van der Waals surface area contributed by atoms with E-state index in [-0.39, 0.29) is 13.0 Å². The van der Waals surface area contributed by atoms with Crippen molar-refractivity contribution in [1.82, 2.24) is 9.80 Å². The minimum absolute atomic E-state index is 0.0517. The number of hydrogen-bond donors (Lipinski definition) is 2. The third-order valence-corrected chi connectivity index (χ3v) is 4.28. The zero-order valence-corrected chi connectivity index (χ0v) is 13.2. The van der Waals surface area contributed by atoms with Crippen molar-refractivity contribution in [2.75, 3.05) is 13.6 Å². The molecular formula is C14H17BrN2O4. The van der Waals surface area contributed by atoms with E-state index in [4.69, 9.17) is 5.11 Å². The summed E-state index contributed by atoms with van der Waals surface area (Å²) < 4.78 is 0.890. The number of halogens is 1. The Morgan fingerprint density at radius 1 is 1.43 bits per heavy atom. The lowest BCUT2D eigenvalue weighted by atomic mass is 10.2. The molecule has 1 fully saturated rings. The maximum absolute atomic E-state index is 12.4. The number of hydrogen-bond acceptors (Lipinski definition) is 3. The van der Waals surface area contributed by atoms with Gasteiger partial charge in [0.15, 0.2) is 0 Å². The minimum Gasteiger partial charge on any atom is -0.480 e. The third kappa shape index (κ3) is 3.54. The van der Waals surface area contributed by atoms with Gasteiger partial charge in [-0.15, -0.1) is 0 Å². The van der Waals surface area contributed by atoms with Crippen molar-refractivity contribution < 1.29 is 19.8 Å². The number of likely N-dealkylation sites (tertiary alicyclic amines) is 1. The van der Waals surface area contributed by atoms with Crippen LogP contribution in [0.25, 0.3) is 0 Å².